The van der Waals surface area contributed by atoms with E-state index in [1.807, 2.05) is 13.8 Å². The van der Waals surface area contributed by atoms with E-state index >= 15 is 0 Å². The Balaban J connectivity index is 3.74. The summed E-state index contributed by atoms with van der Waals surface area (Å²) in [5, 5.41) is 11.0. The lowest BCUT2D eigenvalue weighted by atomic mass is 10.2. The molecule has 0 heterocycles. The topological polar surface area (TPSA) is 66.4 Å². The van der Waals surface area contributed by atoms with Gasteiger partial charge < -0.3 is 10.4 Å². The van der Waals surface area contributed by atoms with E-state index in [9.17, 15) is 9.59 Å². The van der Waals surface area contributed by atoms with Crippen LogP contribution in [0.25, 0.3) is 0 Å². The Bertz CT molecular complexity index is 219. The fraction of sp³-hybridized carbons (Fsp3) is 0.800. The van der Waals surface area contributed by atoms with Crippen LogP contribution in [0.2, 0.25) is 0 Å². The summed E-state index contributed by atoms with van der Waals surface area (Å²) in [4.78, 5) is 21.9. The molecular weight excluding hydrogens is 214 g/mol. The van der Waals surface area contributed by atoms with Crippen LogP contribution in [0.1, 0.15) is 27.2 Å². The number of hydrogen-bond donors (Lipinski definition) is 2. The highest BCUT2D eigenvalue weighted by Crippen LogP contribution is 2.14. The van der Waals surface area contributed by atoms with Crippen molar-refractivity contribution in [3.8, 4) is 0 Å². The molecule has 0 aliphatic carbocycles. The Hall–Kier alpha value is -0.710. The zero-order valence-corrected chi connectivity index (χ0v) is 10.3. The number of carbonyl (C=O) groups is 2. The molecule has 1 unspecified atom stereocenters. The minimum atomic E-state index is -0.848. The van der Waals surface area contributed by atoms with Crippen molar-refractivity contribution in [3.63, 3.8) is 0 Å². The Morgan fingerprint density at radius 2 is 2.00 bits per heavy atom. The third-order valence-electron chi connectivity index (χ3n) is 1.77. The van der Waals surface area contributed by atoms with Crippen molar-refractivity contribution < 1.29 is 14.7 Å². The molecule has 4 nitrogen and oxygen atoms in total. The predicted octanol–water partition coefficient (Wildman–Crippen LogP) is 1.35. The first-order valence-corrected chi connectivity index (χ1v) is 6.13. The van der Waals surface area contributed by atoms with E-state index in [2.05, 4.69) is 5.32 Å². The van der Waals surface area contributed by atoms with Gasteiger partial charge >= 0.3 is 5.97 Å². The second-order valence-corrected chi connectivity index (χ2v) is 4.94. The summed E-state index contributed by atoms with van der Waals surface area (Å²) >= 11 is 1.18. The SMILES string of the molecule is CCC(SCC(=O)NCC(C)C)C(=O)O. The molecule has 2 N–H and O–H groups in total. The quantitative estimate of drug-likeness (QED) is 0.696. The average molecular weight is 233 g/mol. The molecule has 15 heavy (non-hydrogen) atoms. The van der Waals surface area contributed by atoms with Crippen molar-refractivity contribution in [3.05, 3.63) is 0 Å². The number of amides is 1. The molecule has 0 rings (SSSR count). The van der Waals surface area contributed by atoms with Gasteiger partial charge in [-0.15, -0.1) is 11.8 Å². The number of hydrogen-bond acceptors (Lipinski definition) is 3. The lowest BCUT2D eigenvalue weighted by Crippen LogP contribution is -2.30. The summed E-state index contributed by atoms with van der Waals surface area (Å²) in [6.07, 6.45) is 0.539. The first-order valence-electron chi connectivity index (χ1n) is 5.08. The van der Waals surface area contributed by atoms with E-state index in [0.717, 1.165) is 0 Å². The Morgan fingerprint density at radius 3 is 2.40 bits per heavy atom. The first kappa shape index (κ1) is 14.3. The van der Waals surface area contributed by atoms with Crippen LogP contribution >= 0.6 is 11.8 Å². The first-order chi connectivity index (χ1) is 6.97. The number of aliphatic carboxylic acids is 1. The maximum Gasteiger partial charge on any atom is 0.316 e. The van der Waals surface area contributed by atoms with Crippen LogP contribution in [-0.2, 0) is 9.59 Å². The van der Waals surface area contributed by atoms with Crippen LogP contribution < -0.4 is 5.32 Å². The third-order valence-corrected chi connectivity index (χ3v) is 3.14. The van der Waals surface area contributed by atoms with Gasteiger partial charge in [0, 0.05) is 6.54 Å². The van der Waals surface area contributed by atoms with E-state index in [1.165, 1.54) is 11.8 Å². The van der Waals surface area contributed by atoms with Gasteiger partial charge in [-0.2, -0.15) is 0 Å². The zero-order chi connectivity index (χ0) is 11.8. The molecule has 0 bridgehead atoms. The highest BCUT2D eigenvalue weighted by Gasteiger charge is 2.16. The number of carboxylic acid groups (broad SMARTS) is 1. The van der Waals surface area contributed by atoms with Crippen molar-refractivity contribution in [2.75, 3.05) is 12.3 Å². The summed E-state index contributed by atoms with van der Waals surface area (Å²) in [7, 11) is 0. The second-order valence-electron chi connectivity index (χ2n) is 3.74. The lowest BCUT2D eigenvalue weighted by Gasteiger charge is -2.10. The molecule has 1 atom stereocenters. The van der Waals surface area contributed by atoms with E-state index in [4.69, 9.17) is 5.11 Å². The fourth-order valence-corrected chi connectivity index (χ4v) is 1.74. The maximum atomic E-state index is 11.3. The molecule has 0 radical (unpaired) electrons. The Kier molecular flexibility index (Phi) is 7.21. The van der Waals surface area contributed by atoms with Crippen LogP contribution in [0.5, 0.6) is 0 Å². The van der Waals surface area contributed by atoms with Gasteiger partial charge in [-0.1, -0.05) is 20.8 Å². The molecular formula is C10H19NO3S. The molecule has 0 aromatic rings. The van der Waals surface area contributed by atoms with Crippen LogP contribution in [0.3, 0.4) is 0 Å². The number of carboxylic acids is 1. The van der Waals surface area contributed by atoms with Crippen molar-refractivity contribution in [2.45, 2.75) is 32.4 Å². The summed E-state index contributed by atoms with van der Waals surface area (Å²) in [6, 6.07) is 0. The van der Waals surface area contributed by atoms with Crippen molar-refractivity contribution >= 4 is 23.6 Å². The summed E-state index contributed by atoms with van der Waals surface area (Å²) in [6.45, 7) is 6.47. The predicted molar refractivity (Wildman–Crippen MR) is 62.0 cm³/mol. The van der Waals surface area contributed by atoms with E-state index in [1.54, 1.807) is 6.92 Å². The summed E-state index contributed by atoms with van der Waals surface area (Å²) in [5.41, 5.74) is 0. The lowest BCUT2D eigenvalue weighted by molar-refractivity contribution is -0.136. The Morgan fingerprint density at radius 1 is 1.40 bits per heavy atom. The van der Waals surface area contributed by atoms with E-state index in [-0.39, 0.29) is 11.7 Å². The molecule has 0 spiro atoms. The van der Waals surface area contributed by atoms with Crippen molar-refractivity contribution in [1.29, 1.82) is 0 Å². The third kappa shape index (κ3) is 7.25. The number of carbonyl (C=O) groups excluding carboxylic acids is 1. The second kappa shape index (κ2) is 7.56. The maximum absolute atomic E-state index is 11.3. The summed E-state index contributed by atoms with van der Waals surface area (Å²) < 4.78 is 0. The highest BCUT2D eigenvalue weighted by atomic mass is 32.2. The smallest absolute Gasteiger partial charge is 0.316 e. The van der Waals surface area contributed by atoms with E-state index in [0.29, 0.717) is 18.9 Å². The van der Waals surface area contributed by atoms with Gasteiger partial charge in [-0.25, -0.2) is 0 Å². The van der Waals surface area contributed by atoms with Gasteiger partial charge in [-0.05, 0) is 12.3 Å². The number of nitrogens with one attached hydrogen (secondary N) is 1. The molecule has 0 aliphatic heterocycles. The largest absolute Gasteiger partial charge is 0.480 e. The van der Waals surface area contributed by atoms with Gasteiger partial charge in [0.05, 0.1) is 5.75 Å². The summed E-state index contributed by atoms with van der Waals surface area (Å²) in [5.74, 6) is -0.301. The minimum absolute atomic E-state index is 0.0894. The van der Waals surface area contributed by atoms with Crippen LogP contribution in [0.4, 0.5) is 0 Å². The molecule has 0 aromatic carbocycles. The van der Waals surface area contributed by atoms with Crippen LogP contribution in [0.15, 0.2) is 0 Å². The fourth-order valence-electron chi connectivity index (χ4n) is 0.909. The van der Waals surface area contributed by atoms with Gasteiger partial charge in [0.15, 0.2) is 0 Å². The molecule has 88 valence electrons. The number of rotatable bonds is 7. The van der Waals surface area contributed by atoms with Gasteiger partial charge in [-0.3, -0.25) is 9.59 Å². The molecule has 0 aromatic heterocycles. The molecule has 0 aliphatic rings. The minimum Gasteiger partial charge on any atom is -0.480 e. The van der Waals surface area contributed by atoms with Crippen LogP contribution in [-0.4, -0.2) is 34.5 Å². The normalized spacial score (nSPS) is 12.5. The Labute approximate surface area is 94.8 Å². The van der Waals surface area contributed by atoms with Gasteiger partial charge in [0.25, 0.3) is 0 Å². The highest BCUT2D eigenvalue weighted by molar-refractivity contribution is 8.01. The molecule has 0 saturated heterocycles. The molecule has 1 amide bonds. The molecule has 5 heteroatoms. The average Bonchev–Trinajstić information content (AvgIpc) is 2.15. The molecule has 0 fully saturated rings. The van der Waals surface area contributed by atoms with Crippen molar-refractivity contribution in [2.24, 2.45) is 5.92 Å². The monoisotopic (exact) mass is 233 g/mol. The van der Waals surface area contributed by atoms with Crippen molar-refractivity contribution in [1.82, 2.24) is 5.32 Å². The van der Waals surface area contributed by atoms with Gasteiger partial charge in [0.2, 0.25) is 5.91 Å². The van der Waals surface area contributed by atoms with Gasteiger partial charge in [0.1, 0.15) is 5.25 Å². The zero-order valence-electron chi connectivity index (χ0n) is 9.45. The van der Waals surface area contributed by atoms with E-state index < -0.39 is 11.2 Å². The number of thioether (sulfide) groups is 1. The molecule has 0 saturated carbocycles. The standard InChI is InChI=1S/C10H19NO3S/c1-4-8(10(13)14)15-6-9(12)11-5-7(2)3/h7-8H,4-6H2,1-3H3,(H,11,12)(H,13,14). The van der Waals surface area contributed by atoms with Crippen LogP contribution in [0, 0.1) is 5.92 Å².